The zero-order valence-electron chi connectivity index (χ0n) is 14.5. The number of carbonyl (C=O) groups is 1. The van der Waals surface area contributed by atoms with Gasteiger partial charge in [-0.3, -0.25) is 4.79 Å². The van der Waals surface area contributed by atoms with Crippen molar-refractivity contribution in [3.8, 4) is 11.4 Å². The Bertz CT molecular complexity index is 1110. The maximum absolute atomic E-state index is 12.4. The van der Waals surface area contributed by atoms with E-state index in [1.807, 2.05) is 41.3 Å². The fourth-order valence-corrected chi connectivity index (χ4v) is 3.69. The lowest BCUT2D eigenvalue weighted by atomic mass is 10.2. The van der Waals surface area contributed by atoms with E-state index >= 15 is 0 Å². The van der Waals surface area contributed by atoms with Crippen molar-refractivity contribution in [2.75, 3.05) is 6.54 Å². The maximum Gasteiger partial charge on any atom is 0.252 e. The Morgan fingerprint density at radius 1 is 1.30 bits per heavy atom. The van der Waals surface area contributed by atoms with Crippen molar-refractivity contribution in [3.63, 3.8) is 0 Å². The minimum atomic E-state index is -0.175. The summed E-state index contributed by atoms with van der Waals surface area (Å²) in [7, 11) is 1.88. The summed E-state index contributed by atoms with van der Waals surface area (Å²) in [6.45, 7) is 0.525. The number of aromatic nitrogens is 4. The first-order chi connectivity index (χ1) is 13.1. The third-order valence-electron chi connectivity index (χ3n) is 4.19. The number of amides is 1. The highest BCUT2D eigenvalue weighted by Gasteiger charge is 2.15. The molecule has 6 nitrogen and oxygen atoms in total. The first kappa shape index (κ1) is 17.6. The van der Waals surface area contributed by atoms with Crippen LogP contribution in [0.25, 0.3) is 22.6 Å². The molecule has 1 amide bonds. The molecule has 1 N–H and O–H groups in total. The van der Waals surface area contributed by atoms with Crippen LogP contribution in [-0.4, -0.2) is 32.0 Å². The van der Waals surface area contributed by atoms with Crippen molar-refractivity contribution < 1.29 is 4.79 Å². The van der Waals surface area contributed by atoms with E-state index in [2.05, 4.69) is 20.3 Å². The number of aryl methyl sites for hydroxylation is 1. The molecule has 27 heavy (non-hydrogen) atoms. The molecule has 8 heteroatoms. The smallest absolute Gasteiger partial charge is 0.252 e. The Hall–Kier alpha value is -2.77. The van der Waals surface area contributed by atoms with E-state index in [0.717, 1.165) is 10.6 Å². The van der Waals surface area contributed by atoms with Crippen LogP contribution < -0.4 is 5.32 Å². The molecule has 0 fully saturated rings. The third-order valence-corrected chi connectivity index (χ3v) is 5.36. The molecule has 0 bridgehead atoms. The minimum Gasteiger partial charge on any atom is -0.352 e. The maximum atomic E-state index is 12.4. The Morgan fingerprint density at radius 3 is 2.93 bits per heavy atom. The Labute approximate surface area is 164 Å². The summed E-state index contributed by atoms with van der Waals surface area (Å²) in [5.74, 6) is 0.537. The SMILES string of the molecule is Cn1c(-c2ccccc2Cl)nc2cc(C(=O)NCCc3nccs3)cnc21. The van der Waals surface area contributed by atoms with Crippen molar-refractivity contribution in [2.45, 2.75) is 6.42 Å². The lowest BCUT2D eigenvalue weighted by Gasteiger charge is -2.04. The van der Waals surface area contributed by atoms with Crippen molar-refractivity contribution in [3.05, 3.63) is 63.7 Å². The number of pyridine rings is 1. The molecule has 1 aromatic carbocycles. The van der Waals surface area contributed by atoms with Gasteiger partial charge in [-0.15, -0.1) is 11.3 Å². The van der Waals surface area contributed by atoms with Crippen LogP contribution in [0.5, 0.6) is 0 Å². The van der Waals surface area contributed by atoms with Crippen LogP contribution in [0.4, 0.5) is 0 Å². The number of thiazole rings is 1. The van der Waals surface area contributed by atoms with Crippen molar-refractivity contribution in [2.24, 2.45) is 7.05 Å². The van der Waals surface area contributed by atoms with Gasteiger partial charge in [-0.2, -0.15) is 0 Å². The molecule has 0 radical (unpaired) electrons. The lowest BCUT2D eigenvalue weighted by Crippen LogP contribution is -2.25. The highest BCUT2D eigenvalue weighted by Crippen LogP contribution is 2.28. The van der Waals surface area contributed by atoms with Crippen LogP contribution in [0.15, 0.2) is 48.1 Å². The first-order valence-electron chi connectivity index (χ1n) is 8.37. The van der Waals surface area contributed by atoms with Gasteiger partial charge in [0.2, 0.25) is 0 Å². The van der Waals surface area contributed by atoms with Gasteiger partial charge in [0.05, 0.1) is 15.6 Å². The predicted octanol–water partition coefficient (Wildman–Crippen LogP) is 3.72. The highest BCUT2D eigenvalue weighted by molar-refractivity contribution is 7.09. The number of imidazole rings is 1. The topological polar surface area (TPSA) is 72.7 Å². The molecule has 0 aliphatic carbocycles. The number of benzene rings is 1. The number of nitrogens with one attached hydrogen (secondary N) is 1. The van der Waals surface area contributed by atoms with Gasteiger partial charge < -0.3 is 9.88 Å². The quantitative estimate of drug-likeness (QED) is 0.557. The number of halogens is 1. The van der Waals surface area contributed by atoms with E-state index in [4.69, 9.17) is 11.6 Å². The normalized spacial score (nSPS) is 11.0. The molecule has 4 aromatic rings. The second kappa shape index (κ2) is 7.46. The molecule has 0 aliphatic heterocycles. The molecule has 136 valence electrons. The average molecular weight is 398 g/mol. The summed E-state index contributed by atoms with van der Waals surface area (Å²) in [4.78, 5) is 25.7. The average Bonchev–Trinajstić information content (AvgIpc) is 3.30. The van der Waals surface area contributed by atoms with Crippen LogP contribution in [0.3, 0.4) is 0 Å². The van der Waals surface area contributed by atoms with Crippen molar-refractivity contribution in [1.82, 2.24) is 24.8 Å². The van der Waals surface area contributed by atoms with E-state index < -0.39 is 0 Å². The van der Waals surface area contributed by atoms with E-state index in [-0.39, 0.29) is 5.91 Å². The van der Waals surface area contributed by atoms with Crippen LogP contribution in [0, 0.1) is 0 Å². The van der Waals surface area contributed by atoms with Crippen molar-refractivity contribution in [1.29, 1.82) is 0 Å². The number of nitrogens with zero attached hydrogens (tertiary/aromatic N) is 4. The Balaban J connectivity index is 1.57. The molecule has 4 rings (SSSR count). The molecule has 0 saturated heterocycles. The van der Waals surface area contributed by atoms with E-state index in [1.165, 1.54) is 0 Å². The molecule has 0 atom stereocenters. The van der Waals surface area contributed by atoms with Gasteiger partial charge in [0.25, 0.3) is 5.91 Å². The number of hydrogen-bond donors (Lipinski definition) is 1. The lowest BCUT2D eigenvalue weighted by molar-refractivity contribution is 0.0954. The number of hydrogen-bond acceptors (Lipinski definition) is 5. The summed E-state index contributed by atoms with van der Waals surface area (Å²) in [5, 5.41) is 6.44. The molecule has 0 spiro atoms. The zero-order chi connectivity index (χ0) is 18.8. The van der Waals surface area contributed by atoms with Crippen LogP contribution in [0.2, 0.25) is 5.02 Å². The van der Waals surface area contributed by atoms with E-state index in [9.17, 15) is 4.79 Å². The van der Waals surface area contributed by atoms with Crippen LogP contribution >= 0.6 is 22.9 Å². The van der Waals surface area contributed by atoms with Crippen molar-refractivity contribution >= 4 is 40.0 Å². The molecular formula is C19H16ClN5OS. The van der Waals surface area contributed by atoms with Gasteiger partial charge in [0.15, 0.2) is 5.65 Å². The van der Waals surface area contributed by atoms with E-state index in [0.29, 0.717) is 40.5 Å². The monoisotopic (exact) mass is 397 g/mol. The van der Waals surface area contributed by atoms with Gasteiger partial charge in [0.1, 0.15) is 11.3 Å². The van der Waals surface area contributed by atoms with Gasteiger partial charge >= 0.3 is 0 Å². The number of fused-ring (bicyclic) bond motifs is 1. The van der Waals surface area contributed by atoms with E-state index in [1.54, 1.807) is 29.8 Å². The summed E-state index contributed by atoms with van der Waals surface area (Å²) >= 11 is 7.87. The molecular weight excluding hydrogens is 382 g/mol. The van der Waals surface area contributed by atoms with Gasteiger partial charge in [-0.05, 0) is 18.2 Å². The second-order valence-electron chi connectivity index (χ2n) is 5.97. The molecule has 0 saturated carbocycles. The Morgan fingerprint density at radius 2 is 2.15 bits per heavy atom. The van der Waals surface area contributed by atoms with Crippen LogP contribution in [0.1, 0.15) is 15.4 Å². The Kier molecular flexibility index (Phi) is 4.87. The second-order valence-corrected chi connectivity index (χ2v) is 7.36. The number of rotatable bonds is 5. The zero-order valence-corrected chi connectivity index (χ0v) is 16.1. The standard InChI is InChI=1S/C19H16ClN5OS/c1-25-17(13-4-2-3-5-14(13)20)24-15-10-12(11-23-18(15)25)19(26)22-7-6-16-21-8-9-27-16/h2-5,8-11H,6-7H2,1H3,(H,22,26). The summed E-state index contributed by atoms with van der Waals surface area (Å²) in [5.41, 5.74) is 2.66. The first-order valence-corrected chi connectivity index (χ1v) is 9.63. The largest absolute Gasteiger partial charge is 0.352 e. The fraction of sp³-hybridized carbons (Fsp3) is 0.158. The molecule has 3 heterocycles. The molecule has 0 aliphatic rings. The van der Waals surface area contributed by atoms with Gasteiger partial charge in [0, 0.05) is 43.4 Å². The fourth-order valence-electron chi connectivity index (χ4n) is 2.85. The summed E-state index contributed by atoms with van der Waals surface area (Å²) in [6, 6.07) is 9.28. The minimum absolute atomic E-state index is 0.175. The summed E-state index contributed by atoms with van der Waals surface area (Å²) < 4.78 is 1.88. The van der Waals surface area contributed by atoms with Crippen LogP contribution in [-0.2, 0) is 13.5 Å². The predicted molar refractivity (Wildman–Crippen MR) is 107 cm³/mol. The number of carbonyl (C=O) groups excluding carboxylic acids is 1. The van der Waals surface area contributed by atoms with Gasteiger partial charge in [-0.1, -0.05) is 23.7 Å². The summed E-state index contributed by atoms with van der Waals surface area (Å²) in [6.07, 6.45) is 4.04. The third kappa shape index (κ3) is 3.56. The van der Waals surface area contributed by atoms with Gasteiger partial charge in [-0.25, -0.2) is 15.0 Å². The molecule has 0 unspecified atom stereocenters. The molecule has 3 aromatic heterocycles. The highest BCUT2D eigenvalue weighted by atomic mass is 35.5.